The molecule has 0 spiro atoms. The molecule has 7 heteroatoms. The van der Waals surface area contributed by atoms with Crippen molar-refractivity contribution in [3.8, 4) is 28.5 Å². The van der Waals surface area contributed by atoms with Crippen LogP contribution in [0.15, 0.2) is 91.6 Å². The first kappa shape index (κ1) is 19.2. The normalized spacial score (nSPS) is 13.3. The van der Waals surface area contributed by atoms with E-state index >= 15 is 0 Å². The highest BCUT2D eigenvalue weighted by molar-refractivity contribution is 9.10. The van der Waals surface area contributed by atoms with Crippen LogP contribution in [-0.2, 0) is 0 Å². The number of hydrogen-bond acceptors (Lipinski definition) is 3. The highest BCUT2D eigenvalue weighted by atomic mass is 79.9. The summed E-state index contributed by atoms with van der Waals surface area (Å²) >= 11 is 6.97. The molecule has 0 fully saturated rings. The van der Waals surface area contributed by atoms with Crippen LogP contribution in [0, 0.1) is 5.71 Å². The summed E-state index contributed by atoms with van der Waals surface area (Å²) in [5.41, 5.74) is 6.56. The highest BCUT2D eigenvalue weighted by Crippen LogP contribution is 2.24. The zero-order chi connectivity index (χ0) is 20.8. The van der Waals surface area contributed by atoms with Crippen LogP contribution < -0.4 is 9.86 Å². The number of hydrogen-bond donors (Lipinski definition) is 0. The molecule has 4 aromatic rings. The van der Waals surface area contributed by atoms with Gasteiger partial charge >= 0.3 is 11.6 Å². The monoisotopic (exact) mass is 523 g/mol. The molecule has 0 amide bonds. The minimum absolute atomic E-state index is 0.464. The van der Waals surface area contributed by atoms with E-state index in [9.17, 15) is 0 Å². The van der Waals surface area contributed by atoms with Crippen molar-refractivity contribution in [3.05, 3.63) is 93.5 Å². The number of rotatable bonds is 3. The number of imidazole rings is 1. The average molecular weight is 525 g/mol. The Hall–Kier alpha value is -2.77. The van der Waals surface area contributed by atoms with Crippen molar-refractivity contribution in [2.75, 3.05) is 0 Å². The molecule has 30 heavy (non-hydrogen) atoms. The third-order valence-electron chi connectivity index (χ3n) is 4.99. The number of allylic oxidation sites excluding steroid dienone is 1. The maximum Gasteiger partial charge on any atom is 0.412 e. The Morgan fingerprint density at radius 3 is 2.30 bits per heavy atom. The number of halogens is 2. The summed E-state index contributed by atoms with van der Waals surface area (Å²) in [7, 11) is 0. The Bertz CT molecular complexity index is 1400. The summed E-state index contributed by atoms with van der Waals surface area (Å²) in [6.45, 7) is 6.17. The van der Waals surface area contributed by atoms with E-state index in [2.05, 4.69) is 61.7 Å². The highest BCUT2D eigenvalue weighted by Gasteiger charge is 2.25. The summed E-state index contributed by atoms with van der Waals surface area (Å²) in [6, 6.07) is 16.7. The fourth-order valence-corrected chi connectivity index (χ4v) is 4.11. The molecule has 5 rings (SSSR count). The van der Waals surface area contributed by atoms with Gasteiger partial charge in [0.1, 0.15) is 29.5 Å². The Balaban J connectivity index is 1.71. The molecule has 0 saturated heterocycles. The van der Waals surface area contributed by atoms with Gasteiger partial charge in [-0.15, -0.1) is 4.57 Å². The van der Waals surface area contributed by atoms with Crippen LogP contribution in [-0.4, -0.2) is 9.55 Å². The Morgan fingerprint density at radius 1 is 1.00 bits per heavy atom. The molecule has 1 aliphatic rings. The smallest absolute Gasteiger partial charge is 0.412 e. The van der Waals surface area contributed by atoms with E-state index in [1.54, 1.807) is 6.26 Å². The maximum absolute atomic E-state index is 5.86. The molecule has 5 nitrogen and oxygen atoms in total. The molecule has 0 aliphatic carbocycles. The predicted molar refractivity (Wildman–Crippen MR) is 122 cm³/mol. The fourth-order valence-electron chi connectivity index (χ4n) is 3.58. The molecule has 0 radical (unpaired) electrons. The van der Waals surface area contributed by atoms with E-state index in [4.69, 9.17) is 14.4 Å². The molecule has 2 aromatic heterocycles. The van der Waals surface area contributed by atoms with Gasteiger partial charge in [-0.2, -0.15) is 9.23 Å². The summed E-state index contributed by atoms with van der Waals surface area (Å²) < 4.78 is 11.9. The second-order valence-electron chi connectivity index (χ2n) is 7.14. The van der Waals surface area contributed by atoms with Crippen LogP contribution in [0.2, 0.25) is 0 Å². The summed E-state index contributed by atoms with van der Waals surface area (Å²) in [4.78, 5) is 9.45. The molecule has 0 bridgehead atoms. The van der Waals surface area contributed by atoms with Gasteiger partial charge in [-0.25, -0.2) is 0 Å². The van der Waals surface area contributed by atoms with Crippen molar-refractivity contribution < 1.29 is 8.66 Å². The Kier molecular flexibility index (Phi) is 4.79. The van der Waals surface area contributed by atoms with Crippen LogP contribution in [0.3, 0.4) is 0 Å². The SMILES string of the molecule is C=C1CC(C)=[n+]2c(-c3ccc(Br)cc3)cn(-c3nc(-c4ccc(Br)cc4)co3)c2=N1. The topological polar surface area (TPSA) is 49.2 Å². The molecule has 0 N–H and O–H groups in total. The predicted octanol–water partition coefficient (Wildman–Crippen LogP) is 5.55. The summed E-state index contributed by atoms with van der Waals surface area (Å²) in [5, 5.41) is 0. The van der Waals surface area contributed by atoms with E-state index in [1.165, 1.54) is 0 Å². The first-order valence-corrected chi connectivity index (χ1v) is 11.0. The van der Waals surface area contributed by atoms with Crippen LogP contribution >= 0.6 is 31.9 Å². The standard InChI is InChI=1S/C23H17Br2N4O/c1-14-11-15(2)29-21(17-5-9-19(25)10-6-17)12-28(22(29)26-14)23-27-20(13-30-23)16-3-7-18(24)8-4-16/h3-10,12-13H,1,11H2,2H3/q+1. The number of aromatic nitrogens is 3. The van der Waals surface area contributed by atoms with Gasteiger partial charge in [-0.3, -0.25) is 0 Å². The van der Waals surface area contributed by atoms with E-state index < -0.39 is 0 Å². The van der Waals surface area contributed by atoms with E-state index in [1.807, 2.05) is 47.2 Å². The van der Waals surface area contributed by atoms with E-state index in [0.717, 1.165) is 54.9 Å². The number of nitrogens with zero attached hydrogens (tertiary/aromatic N) is 4. The zero-order valence-corrected chi connectivity index (χ0v) is 19.3. The van der Waals surface area contributed by atoms with Crippen molar-refractivity contribution in [2.24, 2.45) is 4.99 Å². The maximum atomic E-state index is 5.86. The quantitative estimate of drug-likeness (QED) is 0.330. The molecule has 0 unspecified atom stereocenters. The van der Waals surface area contributed by atoms with Gasteiger partial charge in [-0.05, 0) is 31.2 Å². The van der Waals surface area contributed by atoms with Crippen molar-refractivity contribution in [1.82, 2.24) is 9.55 Å². The van der Waals surface area contributed by atoms with Crippen molar-refractivity contribution in [3.63, 3.8) is 0 Å². The second kappa shape index (κ2) is 7.49. The van der Waals surface area contributed by atoms with Crippen molar-refractivity contribution in [1.29, 1.82) is 0 Å². The Morgan fingerprint density at radius 2 is 1.63 bits per heavy atom. The van der Waals surface area contributed by atoms with Gasteiger partial charge in [0.25, 0.3) is 0 Å². The van der Waals surface area contributed by atoms with E-state index in [-0.39, 0.29) is 0 Å². The molecule has 0 saturated carbocycles. The van der Waals surface area contributed by atoms with Gasteiger partial charge < -0.3 is 4.42 Å². The van der Waals surface area contributed by atoms with E-state index in [0.29, 0.717) is 6.01 Å². The number of benzene rings is 2. The van der Waals surface area contributed by atoms with Crippen LogP contribution in [0.5, 0.6) is 0 Å². The number of oxazole rings is 1. The lowest BCUT2D eigenvalue weighted by Crippen LogP contribution is -2.44. The fraction of sp³-hybridized carbons (Fsp3) is 0.0870. The lowest BCUT2D eigenvalue weighted by molar-refractivity contribution is -0.533. The minimum Gasteiger partial charge on any atom is -0.419 e. The van der Waals surface area contributed by atoms with Crippen molar-refractivity contribution >= 4 is 31.9 Å². The zero-order valence-electron chi connectivity index (χ0n) is 16.1. The van der Waals surface area contributed by atoms with Crippen LogP contribution in [0.1, 0.15) is 13.3 Å². The van der Waals surface area contributed by atoms with Gasteiger partial charge in [-0.1, -0.05) is 67.7 Å². The molecule has 1 aliphatic heterocycles. The van der Waals surface area contributed by atoms with Gasteiger partial charge in [0.2, 0.25) is 0 Å². The first-order chi connectivity index (χ1) is 14.5. The second-order valence-corrected chi connectivity index (χ2v) is 8.97. The van der Waals surface area contributed by atoms with Gasteiger partial charge in [0, 0.05) is 20.1 Å². The minimum atomic E-state index is 0.464. The van der Waals surface area contributed by atoms with Crippen LogP contribution in [0.25, 0.3) is 28.5 Å². The number of fused-ring (bicyclic) bond motifs is 1. The largest absolute Gasteiger partial charge is 0.419 e. The first-order valence-electron chi connectivity index (χ1n) is 9.37. The third-order valence-corrected chi connectivity index (χ3v) is 6.04. The van der Waals surface area contributed by atoms with Gasteiger partial charge in [0.15, 0.2) is 0 Å². The summed E-state index contributed by atoms with van der Waals surface area (Å²) in [6.07, 6.45) is 4.41. The molecule has 3 heterocycles. The molecule has 2 aromatic carbocycles. The lowest BCUT2D eigenvalue weighted by Gasteiger charge is -2.02. The Labute approximate surface area is 190 Å². The summed E-state index contributed by atoms with van der Waals surface area (Å²) in [5.74, 6) is 0. The molecular formula is C23H17Br2N4O+. The van der Waals surface area contributed by atoms with Crippen molar-refractivity contribution in [2.45, 2.75) is 13.3 Å². The molecule has 0 atom stereocenters. The molecular weight excluding hydrogens is 508 g/mol. The molecule has 148 valence electrons. The third kappa shape index (κ3) is 3.38. The van der Waals surface area contributed by atoms with Crippen LogP contribution in [0.4, 0.5) is 0 Å². The lowest BCUT2D eigenvalue weighted by atomic mass is 10.1. The van der Waals surface area contributed by atoms with Gasteiger partial charge in [0.05, 0.1) is 12.1 Å². The average Bonchev–Trinajstić information content (AvgIpc) is 3.34.